The van der Waals surface area contributed by atoms with Crippen LogP contribution in [0.1, 0.15) is 12.8 Å². The van der Waals surface area contributed by atoms with Crippen LogP contribution in [0.3, 0.4) is 0 Å². The third-order valence-corrected chi connectivity index (χ3v) is 5.65. The number of sulfonamides is 1. The number of aromatic amines is 1. The van der Waals surface area contributed by atoms with E-state index < -0.39 is 15.6 Å². The first-order valence-corrected chi connectivity index (χ1v) is 9.49. The van der Waals surface area contributed by atoms with Crippen molar-refractivity contribution in [2.75, 3.05) is 24.7 Å². The lowest BCUT2D eigenvalue weighted by molar-refractivity contribution is -0.124. The van der Waals surface area contributed by atoms with E-state index in [1.54, 1.807) is 6.07 Å². The van der Waals surface area contributed by atoms with E-state index >= 15 is 0 Å². The van der Waals surface area contributed by atoms with Crippen LogP contribution in [0.2, 0.25) is 0 Å². The molecule has 1 spiro atoms. The number of hydrogen-bond acceptors (Lipinski definition) is 9. The summed E-state index contributed by atoms with van der Waals surface area (Å²) in [6, 6.07) is 1.68. The number of piperidine rings is 1. The molecule has 5 N–H and O–H groups in total. The van der Waals surface area contributed by atoms with Crippen molar-refractivity contribution in [3.8, 4) is 11.4 Å². The van der Waals surface area contributed by atoms with Gasteiger partial charge in [0, 0.05) is 19.3 Å². The number of tetrazole rings is 1. The van der Waals surface area contributed by atoms with E-state index in [1.165, 1.54) is 6.20 Å². The number of amides is 1. The number of nitrogens with zero attached hydrogens (tertiary/aromatic N) is 5. The molecule has 2 aliphatic rings. The maximum Gasteiger partial charge on any atom is 0.256 e. The topological polar surface area (TPSA) is 172 Å². The van der Waals surface area contributed by atoms with Crippen LogP contribution >= 0.6 is 0 Å². The first kappa shape index (κ1) is 16.8. The first-order valence-electron chi connectivity index (χ1n) is 7.95. The zero-order valence-corrected chi connectivity index (χ0v) is 14.5. The molecule has 4 heterocycles. The van der Waals surface area contributed by atoms with Crippen LogP contribution in [0.4, 0.5) is 5.69 Å². The molecule has 0 radical (unpaired) electrons. The first-order chi connectivity index (χ1) is 12.4. The molecule has 0 saturated carbocycles. The van der Waals surface area contributed by atoms with Gasteiger partial charge < -0.3 is 10.2 Å². The smallest absolute Gasteiger partial charge is 0.256 e. The van der Waals surface area contributed by atoms with E-state index in [4.69, 9.17) is 5.14 Å². The molecule has 0 unspecified atom stereocenters. The monoisotopic (exact) mass is 379 g/mol. The second kappa shape index (κ2) is 5.96. The number of nitrogens with two attached hydrogens (primary N) is 1. The van der Waals surface area contributed by atoms with Crippen molar-refractivity contribution >= 4 is 21.6 Å². The summed E-state index contributed by atoms with van der Waals surface area (Å²) in [6.07, 6.45) is 2.54. The highest BCUT2D eigenvalue weighted by atomic mass is 32.2. The van der Waals surface area contributed by atoms with Crippen LogP contribution in [0.5, 0.6) is 0 Å². The van der Waals surface area contributed by atoms with Crippen molar-refractivity contribution in [2.24, 2.45) is 5.14 Å². The maximum absolute atomic E-state index is 12.1. The highest BCUT2D eigenvalue weighted by molar-refractivity contribution is 7.89. The fraction of sp³-hybridized carbons (Fsp3) is 0.462. The molecule has 2 fully saturated rings. The van der Waals surface area contributed by atoms with Gasteiger partial charge in [-0.2, -0.15) is 5.21 Å². The van der Waals surface area contributed by atoms with Gasteiger partial charge in [0.05, 0.1) is 17.9 Å². The third-order valence-electron chi connectivity index (χ3n) is 4.80. The number of carbonyl (C=O) groups excluding carboxylic acids is 1. The van der Waals surface area contributed by atoms with Crippen LogP contribution in [0.25, 0.3) is 11.4 Å². The number of H-pyrrole nitrogens is 1. The van der Waals surface area contributed by atoms with Crippen LogP contribution in [0.15, 0.2) is 17.3 Å². The summed E-state index contributed by atoms with van der Waals surface area (Å²) < 4.78 is 24.0. The molecule has 2 saturated heterocycles. The molecule has 4 rings (SSSR count). The predicted molar refractivity (Wildman–Crippen MR) is 89.1 cm³/mol. The Morgan fingerprint density at radius 3 is 2.62 bits per heavy atom. The highest BCUT2D eigenvalue weighted by Crippen LogP contribution is 2.35. The van der Waals surface area contributed by atoms with Gasteiger partial charge in [0.1, 0.15) is 5.54 Å². The second-order valence-electron chi connectivity index (χ2n) is 6.22. The van der Waals surface area contributed by atoms with Crippen molar-refractivity contribution in [1.82, 2.24) is 36.2 Å². The lowest BCUT2D eigenvalue weighted by Crippen LogP contribution is -2.54. The number of primary sulfonamides is 1. The average Bonchev–Trinajstić information content (AvgIpc) is 3.26. The molecule has 0 aliphatic carbocycles. The minimum atomic E-state index is -4.09. The Morgan fingerprint density at radius 2 is 2.04 bits per heavy atom. The average molecular weight is 379 g/mol. The number of rotatable bonds is 3. The number of nitrogens with one attached hydrogen (secondary N) is 3. The van der Waals surface area contributed by atoms with E-state index in [0.29, 0.717) is 38.3 Å². The van der Waals surface area contributed by atoms with Crippen molar-refractivity contribution in [1.29, 1.82) is 0 Å². The lowest BCUT2D eigenvalue weighted by atomic mass is 9.87. The summed E-state index contributed by atoms with van der Waals surface area (Å²) in [5.74, 6) is 0.0876. The second-order valence-corrected chi connectivity index (χ2v) is 7.70. The molecule has 2 aliphatic heterocycles. The Balaban J connectivity index is 1.73. The van der Waals surface area contributed by atoms with E-state index in [9.17, 15) is 13.2 Å². The van der Waals surface area contributed by atoms with Gasteiger partial charge in [0.15, 0.2) is 5.03 Å². The molecule has 26 heavy (non-hydrogen) atoms. The lowest BCUT2D eigenvalue weighted by Gasteiger charge is -2.39. The molecule has 0 aromatic carbocycles. The summed E-state index contributed by atoms with van der Waals surface area (Å²) in [5.41, 5.74) is 0.209. The molecule has 2 aromatic rings. The van der Waals surface area contributed by atoms with Gasteiger partial charge in [-0.1, -0.05) is 0 Å². The minimum absolute atomic E-state index is 0.00417. The fourth-order valence-corrected chi connectivity index (χ4v) is 4.15. The molecule has 0 bridgehead atoms. The number of anilines is 1. The Labute approximate surface area is 148 Å². The summed E-state index contributed by atoms with van der Waals surface area (Å²) >= 11 is 0. The fourth-order valence-electron chi connectivity index (χ4n) is 3.47. The Kier molecular flexibility index (Phi) is 3.86. The summed E-state index contributed by atoms with van der Waals surface area (Å²) in [6.45, 7) is 1.54. The summed E-state index contributed by atoms with van der Waals surface area (Å²) in [7, 11) is -4.09. The van der Waals surface area contributed by atoms with Gasteiger partial charge in [-0.25, -0.2) is 18.5 Å². The highest BCUT2D eigenvalue weighted by Gasteiger charge is 2.44. The molecule has 12 nitrogen and oxygen atoms in total. The minimum Gasteiger partial charge on any atom is -0.371 e. The molecule has 0 atom stereocenters. The van der Waals surface area contributed by atoms with Gasteiger partial charge in [-0.05, 0) is 24.1 Å². The standard InChI is InChI=1S/C13H17N9O3S/c14-26(24,25)11-9(10-18-20-21-19-10)8(1-4-15-11)22-5-2-13(3-6-22)12(23)16-7-17-13/h1,4,17H,2-3,5-7H2,(H,16,23)(H2,14,24,25)(H,18,19,20,21). The largest absolute Gasteiger partial charge is 0.371 e. The van der Waals surface area contributed by atoms with E-state index in [0.717, 1.165) is 0 Å². The predicted octanol–water partition coefficient (Wildman–Crippen LogP) is -2.07. The zero-order chi connectivity index (χ0) is 18.4. The molecule has 13 heteroatoms. The Morgan fingerprint density at radius 1 is 1.27 bits per heavy atom. The molecule has 138 valence electrons. The third kappa shape index (κ3) is 2.69. The van der Waals surface area contributed by atoms with Gasteiger partial charge >= 0.3 is 0 Å². The summed E-state index contributed by atoms with van der Waals surface area (Å²) in [5, 5.41) is 24.6. The van der Waals surface area contributed by atoms with Gasteiger partial charge in [0.2, 0.25) is 11.7 Å². The van der Waals surface area contributed by atoms with E-state index in [1.807, 2.05) is 4.90 Å². The maximum atomic E-state index is 12.1. The quantitative estimate of drug-likeness (QED) is 0.467. The van der Waals surface area contributed by atoms with Crippen LogP contribution < -0.4 is 20.7 Å². The van der Waals surface area contributed by atoms with Crippen LogP contribution in [0, 0.1) is 0 Å². The van der Waals surface area contributed by atoms with Crippen molar-refractivity contribution in [3.63, 3.8) is 0 Å². The van der Waals surface area contributed by atoms with Gasteiger partial charge in [-0.3, -0.25) is 10.1 Å². The van der Waals surface area contributed by atoms with E-state index in [2.05, 4.69) is 36.2 Å². The number of aromatic nitrogens is 5. The number of hydrogen-bond donors (Lipinski definition) is 4. The van der Waals surface area contributed by atoms with Gasteiger partial charge in [-0.15, -0.1) is 10.2 Å². The van der Waals surface area contributed by atoms with Gasteiger partial charge in [0.25, 0.3) is 10.0 Å². The molecular weight excluding hydrogens is 362 g/mol. The summed E-state index contributed by atoms with van der Waals surface area (Å²) in [4.78, 5) is 18.0. The molecule has 2 aromatic heterocycles. The molecule has 1 amide bonds. The normalized spacial score (nSPS) is 19.7. The van der Waals surface area contributed by atoms with Crippen LogP contribution in [-0.2, 0) is 14.8 Å². The number of carbonyl (C=O) groups is 1. The SMILES string of the molecule is NS(=O)(=O)c1nccc(N2CCC3(CC2)NCNC3=O)c1-c1nn[nH]n1. The molecular formula is C13H17N9O3S. The Hall–Kier alpha value is -2.64. The van der Waals surface area contributed by atoms with Crippen molar-refractivity contribution in [2.45, 2.75) is 23.4 Å². The Bertz CT molecular complexity index is 936. The van der Waals surface area contributed by atoms with Crippen molar-refractivity contribution in [3.05, 3.63) is 12.3 Å². The van der Waals surface area contributed by atoms with Crippen LogP contribution in [-0.4, -0.2) is 65.2 Å². The zero-order valence-electron chi connectivity index (χ0n) is 13.6. The van der Waals surface area contributed by atoms with Crippen molar-refractivity contribution < 1.29 is 13.2 Å². The number of pyridine rings is 1. The van der Waals surface area contributed by atoms with E-state index in [-0.39, 0.29) is 22.3 Å².